The Bertz CT molecular complexity index is 1120. The third-order valence-electron chi connectivity index (χ3n) is 4.40. The van der Waals surface area contributed by atoms with Gasteiger partial charge in [0, 0.05) is 12.4 Å². The minimum absolute atomic E-state index is 0.281. The van der Waals surface area contributed by atoms with Gasteiger partial charge in [-0.05, 0) is 35.8 Å². The number of anilines is 1. The van der Waals surface area contributed by atoms with Gasteiger partial charge in [0.2, 0.25) is 0 Å². The summed E-state index contributed by atoms with van der Waals surface area (Å²) in [6.45, 7) is 4.29. The normalized spacial score (nSPS) is 13.4. The van der Waals surface area contributed by atoms with Crippen LogP contribution in [0.1, 0.15) is 19.5 Å². The van der Waals surface area contributed by atoms with Crippen molar-refractivity contribution in [3.05, 3.63) is 66.3 Å². The van der Waals surface area contributed by atoms with Crippen LogP contribution in [0, 0.1) is 17.2 Å². The van der Waals surface area contributed by atoms with Crippen molar-refractivity contribution >= 4 is 16.9 Å². The van der Waals surface area contributed by atoms with Gasteiger partial charge in [-0.15, -0.1) is 0 Å². The maximum atomic E-state index is 8.81. The van der Waals surface area contributed by atoms with E-state index in [4.69, 9.17) is 5.26 Å². The van der Waals surface area contributed by atoms with E-state index in [0.29, 0.717) is 11.7 Å². The van der Waals surface area contributed by atoms with Crippen LogP contribution in [-0.2, 0) is 6.42 Å². The number of rotatable bonds is 5. The van der Waals surface area contributed by atoms with Crippen molar-refractivity contribution in [2.24, 2.45) is 5.92 Å². The van der Waals surface area contributed by atoms with Gasteiger partial charge in [0.15, 0.2) is 0 Å². The second kappa shape index (κ2) is 7.40. The van der Waals surface area contributed by atoms with Gasteiger partial charge in [0.05, 0.1) is 47.4 Å². The summed E-state index contributed by atoms with van der Waals surface area (Å²) in [4.78, 5) is 13.4. The smallest absolute Gasteiger partial charge is 0.132 e. The molecule has 0 aromatic carbocycles. The second-order valence-electron chi connectivity index (χ2n) is 6.79. The monoisotopic (exact) mass is 372 g/mol. The molecule has 3 N–H and O–H groups in total. The quantitative estimate of drug-likeness (QED) is 0.633. The molecule has 0 amide bonds. The largest absolute Gasteiger partial charge is 0.325 e. The molecule has 140 valence electrons. The van der Waals surface area contributed by atoms with E-state index in [-0.39, 0.29) is 6.42 Å². The van der Waals surface area contributed by atoms with Crippen molar-refractivity contribution in [1.82, 2.24) is 30.4 Å². The van der Waals surface area contributed by atoms with Gasteiger partial charge in [0.25, 0.3) is 0 Å². The van der Waals surface area contributed by atoms with Crippen molar-refractivity contribution < 1.29 is 0 Å². The van der Waals surface area contributed by atoms with Crippen LogP contribution in [0.3, 0.4) is 0 Å². The molecule has 3 aromatic heterocycles. The molecule has 0 radical (unpaired) electrons. The average Bonchev–Trinajstić information content (AvgIpc) is 3.16. The van der Waals surface area contributed by atoms with E-state index in [0.717, 1.165) is 28.2 Å². The highest BCUT2D eigenvalue weighted by Gasteiger charge is 2.09. The number of hydrogen-bond donors (Lipinski definition) is 3. The van der Waals surface area contributed by atoms with Crippen molar-refractivity contribution in [2.75, 3.05) is 5.32 Å². The molecule has 8 heteroatoms. The first-order chi connectivity index (χ1) is 13.6. The summed E-state index contributed by atoms with van der Waals surface area (Å²) in [6.07, 6.45) is 9.57. The summed E-state index contributed by atoms with van der Waals surface area (Å²) in [7, 11) is 0. The average molecular weight is 372 g/mol. The van der Waals surface area contributed by atoms with Gasteiger partial charge >= 0.3 is 0 Å². The maximum absolute atomic E-state index is 8.81. The first-order valence-corrected chi connectivity index (χ1v) is 9.00. The van der Waals surface area contributed by atoms with Crippen LogP contribution in [0.25, 0.3) is 16.7 Å². The van der Waals surface area contributed by atoms with E-state index in [1.54, 1.807) is 12.5 Å². The van der Waals surface area contributed by atoms with E-state index >= 15 is 0 Å². The Hall–Kier alpha value is -3.86. The van der Waals surface area contributed by atoms with Crippen LogP contribution < -0.4 is 16.2 Å². The number of nitrogens with one attached hydrogen (secondary N) is 3. The number of allylic oxidation sites excluding steroid dienone is 2. The zero-order valence-electron chi connectivity index (χ0n) is 15.6. The lowest BCUT2D eigenvalue weighted by Crippen LogP contribution is -2.33. The molecule has 0 unspecified atom stereocenters. The summed E-state index contributed by atoms with van der Waals surface area (Å²) >= 11 is 0. The fourth-order valence-corrected chi connectivity index (χ4v) is 2.86. The van der Waals surface area contributed by atoms with E-state index in [1.165, 1.54) is 5.57 Å². The number of aromatic nitrogens is 4. The van der Waals surface area contributed by atoms with Crippen molar-refractivity contribution in [2.45, 2.75) is 20.3 Å². The highest BCUT2D eigenvalue weighted by atomic mass is 15.4. The molecule has 0 bridgehead atoms. The number of nitrogens with zero attached hydrogens (tertiary/aromatic N) is 5. The Kier molecular flexibility index (Phi) is 4.64. The Labute approximate surface area is 162 Å². The molecule has 4 heterocycles. The van der Waals surface area contributed by atoms with Crippen molar-refractivity contribution in [3.8, 4) is 11.8 Å². The molecule has 0 fully saturated rings. The lowest BCUT2D eigenvalue weighted by atomic mass is 10.0. The Morgan fingerprint density at radius 3 is 2.96 bits per heavy atom. The van der Waals surface area contributed by atoms with E-state index in [1.807, 2.05) is 35.2 Å². The number of fused-ring (bicyclic) bond motifs is 1. The van der Waals surface area contributed by atoms with Gasteiger partial charge in [-0.25, -0.2) is 9.97 Å². The van der Waals surface area contributed by atoms with Crippen LogP contribution in [-0.4, -0.2) is 19.5 Å². The number of hydrogen-bond acceptors (Lipinski definition) is 7. The molecule has 8 nitrogen and oxygen atoms in total. The van der Waals surface area contributed by atoms with Gasteiger partial charge in [-0.1, -0.05) is 13.8 Å². The first kappa shape index (κ1) is 17.5. The summed E-state index contributed by atoms with van der Waals surface area (Å²) in [6, 6.07) is 7.88. The molecule has 0 saturated heterocycles. The van der Waals surface area contributed by atoms with Crippen LogP contribution >= 0.6 is 0 Å². The molecule has 0 atom stereocenters. The molecule has 0 aliphatic carbocycles. The molecular weight excluding hydrogens is 352 g/mol. The maximum Gasteiger partial charge on any atom is 0.132 e. The van der Waals surface area contributed by atoms with Crippen LogP contribution in [0.4, 0.5) is 5.82 Å². The van der Waals surface area contributed by atoms with Crippen molar-refractivity contribution in [1.29, 1.82) is 5.26 Å². The molecule has 1 aliphatic heterocycles. The lowest BCUT2D eigenvalue weighted by molar-refractivity contribution is 0.677. The molecule has 4 rings (SSSR count). The van der Waals surface area contributed by atoms with Gasteiger partial charge in [-0.3, -0.25) is 10.4 Å². The number of pyridine rings is 2. The fraction of sp³-hybridized carbons (Fsp3) is 0.200. The molecular formula is C20H20N8. The van der Waals surface area contributed by atoms with E-state index in [9.17, 15) is 0 Å². The Morgan fingerprint density at radius 1 is 1.25 bits per heavy atom. The number of nitriles is 1. The Morgan fingerprint density at radius 2 is 2.14 bits per heavy atom. The van der Waals surface area contributed by atoms with Crippen LogP contribution in [0.5, 0.6) is 0 Å². The molecule has 3 aromatic rings. The highest BCUT2D eigenvalue weighted by molar-refractivity contribution is 5.78. The minimum atomic E-state index is 0.281. The topological polar surface area (TPSA) is 103 Å². The third-order valence-corrected chi connectivity index (χ3v) is 4.40. The SMILES string of the molecule is CC(C)C1=CNNC(Nc2ccc3ncc(-n4cnc(CC#N)c4)cc3n2)=C1. The van der Waals surface area contributed by atoms with Gasteiger partial charge < -0.3 is 15.3 Å². The van der Waals surface area contributed by atoms with E-state index in [2.05, 4.69) is 57.1 Å². The van der Waals surface area contributed by atoms with Crippen LogP contribution in [0.2, 0.25) is 0 Å². The summed E-state index contributed by atoms with van der Waals surface area (Å²) in [5, 5.41) is 12.1. The summed E-state index contributed by atoms with van der Waals surface area (Å²) < 4.78 is 1.84. The summed E-state index contributed by atoms with van der Waals surface area (Å²) in [5.41, 5.74) is 10.5. The Balaban J connectivity index is 1.61. The summed E-state index contributed by atoms with van der Waals surface area (Å²) in [5.74, 6) is 1.97. The first-order valence-electron chi connectivity index (χ1n) is 9.00. The molecule has 0 spiro atoms. The predicted molar refractivity (Wildman–Crippen MR) is 107 cm³/mol. The lowest BCUT2D eigenvalue weighted by Gasteiger charge is -2.20. The van der Waals surface area contributed by atoms with Gasteiger partial charge in [0.1, 0.15) is 11.6 Å². The zero-order chi connectivity index (χ0) is 19.5. The standard InChI is InChI=1S/C20H20N8/c1-13(2)14-7-20(27-24-9-14)26-19-4-3-17-18(25-19)8-16(10-22-17)28-11-15(5-6-21)23-12-28/h3-4,7-13,24,27H,5H2,1-2H3,(H,25,26). The van der Waals surface area contributed by atoms with E-state index < -0.39 is 0 Å². The highest BCUT2D eigenvalue weighted by Crippen LogP contribution is 2.19. The minimum Gasteiger partial charge on any atom is -0.325 e. The number of hydrazine groups is 1. The molecule has 1 aliphatic rings. The molecule has 28 heavy (non-hydrogen) atoms. The fourth-order valence-electron chi connectivity index (χ4n) is 2.86. The third kappa shape index (κ3) is 3.64. The second-order valence-corrected chi connectivity index (χ2v) is 6.79. The molecule has 0 saturated carbocycles. The van der Waals surface area contributed by atoms with Gasteiger partial charge in [-0.2, -0.15) is 5.26 Å². The zero-order valence-corrected chi connectivity index (χ0v) is 15.6. The predicted octanol–water partition coefficient (Wildman–Crippen LogP) is 2.78. The van der Waals surface area contributed by atoms with Crippen LogP contribution in [0.15, 0.2) is 60.6 Å². The van der Waals surface area contributed by atoms with Crippen molar-refractivity contribution in [3.63, 3.8) is 0 Å². The number of imidazole rings is 1.